The van der Waals surface area contributed by atoms with E-state index in [-0.39, 0.29) is 35.3 Å². The fraction of sp³-hybridized carbons (Fsp3) is 0.429. The number of carbonyl (C=O) groups excluding carboxylic acids is 2. The van der Waals surface area contributed by atoms with Gasteiger partial charge in [-0.15, -0.1) is 0 Å². The largest absolute Gasteiger partial charge is 0.465 e. The molecule has 0 bridgehead atoms. The molecule has 0 fully saturated rings. The third-order valence-electron chi connectivity index (χ3n) is 5.51. The van der Waals surface area contributed by atoms with Crippen LogP contribution in [-0.2, 0) is 20.7 Å². The maximum absolute atomic E-state index is 12.6. The summed E-state index contributed by atoms with van der Waals surface area (Å²) in [7, 11) is 1.30. The van der Waals surface area contributed by atoms with Crippen LogP contribution in [0.25, 0.3) is 11.0 Å². The van der Waals surface area contributed by atoms with E-state index in [0.717, 1.165) is 23.2 Å². The molecule has 1 aromatic carbocycles. The van der Waals surface area contributed by atoms with Crippen molar-refractivity contribution in [3.8, 4) is 0 Å². The molecule has 0 amide bonds. The van der Waals surface area contributed by atoms with Gasteiger partial charge in [-0.05, 0) is 17.9 Å². The van der Waals surface area contributed by atoms with E-state index in [1.807, 2.05) is 18.2 Å². The van der Waals surface area contributed by atoms with Crippen LogP contribution in [0.2, 0.25) is 0 Å². The Balaban J connectivity index is 1.90. The van der Waals surface area contributed by atoms with Gasteiger partial charge in [0.1, 0.15) is 16.9 Å². The minimum absolute atomic E-state index is 0.0353. The van der Waals surface area contributed by atoms with Crippen molar-refractivity contribution in [2.24, 2.45) is 5.41 Å². The molecule has 0 saturated carbocycles. The number of carbonyl (C=O) groups is 2. The van der Waals surface area contributed by atoms with E-state index in [1.165, 1.54) is 12.7 Å². The standard InChI is InChI=1S/C21H23NO4/c1-21(2,3)18-9-13-12-7-5-6-8-17(12)26-19(13)15-10-16(23)14(11-22(15)18)20(24)25-4/h5-8,11,15,18H,9-10H2,1-4H3/t15?,18-/m0/s1. The Morgan fingerprint density at radius 3 is 2.65 bits per heavy atom. The molecule has 2 aromatic rings. The van der Waals surface area contributed by atoms with Crippen molar-refractivity contribution < 1.29 is 18.7 Å². The number of fused-ring (bicyclic) bond motifs is 5. The van der Waals surface area contributed by atoms with Crippen LogP contribution in [0.15, 0.2) is 40.5 Å². The van der Waals surface area contributed by atoms with Crippen molar-refractivity contribution in [1.29, 1.82) is 0 Å². The van der Waals surface area contributed by atoms with Crippen LogP contribution < -0.4 is 0 Å². The van der Waals surface area contributed by atoms with Gasteiger partial charge in [-0.3, -0.25) is 4.79 Å². The normalized spacial score (nSPS) is 22.7. The van der Waals surface area contributed by atoms with Gasteiger partial charge in [-0.25, -0.2) is 4.79 Å². The zero-order valence-corrected chi connectivity index (χ0v) is 15.5. The van der Waals surface area contributed by atoms with Crippen LogP contribution in [0.3, 0.4) is 0 Å². The summed E-state index contributed by atoms with van der Waals surface area (Å²) in [6, 6.07) is 7.97. The second-order valence-corrected chi connectivity index (χ2v) is 8.15. The molecule has 136 valence electrons. The molecule has 1 unspecified atom stereocenters. The second-order valence-electron chi connectivity index (χ2n) is 8.15. The number of nitrogens with zero attached hydrogens (tertiary/aromatic N) is 1. The van der Waals surface area contributed by atoms with Gasteiger partial charge >= 0.3 is 5.97 Å². The van der Waals surface area contributed by atoms with Gasteiger partial charge in [0, 0.05) is 29.6 Å². The summed E-state index contributed by atoms with van der Waals surface area (Å²) in [5.41, 5.74) is 2.12. The van der Waals surface area contributed by atoms with Crippen molar-refractivity contribution in [3.63, 3.8) is 0 Å². The highest BCUT2D eigenvalue weighted by Crippen LogP contribution is 2.47. The summed E-state index contributed by atoms with van der Waals surface area (Å²) < 4.78 is 11.0. The van der Waals surface area contributed by atoms with Crippen molar-refractivity contribution in [2.75, 3.05) is 7.11 Å². The van der Waals surface area contributed by atoms with Crippen LogP contribution in [0.1, 0.15) is 44.6 Å². The van der Waals surface area contributed by atoms with Gasteiger partial charge < -0.3 is 14.1 Å². The smallest absolute Gasteiger partial charge is 0.342 e. The van der Waals surface area contributed by atoms with Crippen molar-refractivity contribution in [3.05, 3.63) is 47.4 Å². The van der Waals surface area contributed by atoms with E-state index in [2.05, 4.69) is 31.7 Å². The molecule has 5 heteroatoms. The Morgan fingerprint density at radius 2 is 1.96 bits per heavy atom. The summed E-state index contributed by atoms with van der Waals surface area (Å²) in [5.74, 6) is 0.0794. The molecule has 0 spiro atoms. The quantitative estimate of drug-likeness (QED) is 0.577. The molecular formula is C21H23NO4. The first-order valence-corrected chi connectivity index (χ1v) is 8.92. The van der Waals surface area contributed by atoms with E-state index in [4.69, 9.17) is 9.15 Å². The van der Waals surface area contributed by atoms with Crippen molar-refractivity contribution in [1.82, 2.24) is 4.90 Å². The average molecular weight is 353 g/mol. The number of methoxy groups -OCH3 is 1. The molecule has 4 rings (SSSR count). The lowest BCUT2D eigenvalue weighted by Gasteiger charge is -2.48. The predicted molar refractivity (Wildman–Crippen MR) is 97.5 cm³/mol. The maximum atomic E-state index is 12.6. The predicted octanol–water partition coefficient (Wildman–Crippen LogP) is 3.78. The highest BCUT2D eigenvalue weighted by atomic mass is 16.5. The maximum Gasteiger partial charge on any atom is 0.342 e. The number of benzene rings is 1. The zero-order valence-electron chi connectivity index (χ0n) is 15.5. The third kappa shape index (κ3) is 2.45. The molecule has 0 radical (unpaired) electrons. The molecule has 0 N–H and O–H groups in total. The van der Waals surface area contributed by atoms with Gasteiger partial charge in [0.05, 0.1) is 13.2 Å². The fourth-order valence-electron chi connectivity index (χ4n) is 4.16. The number of ether oxygens (including phenoxy) is 1. The SMILES string of the molecule is COC(=O)C1=CN2C(CC1=O)c1oc3ccccc3c1C[C@H]2C(C)(C)C. The molecule has 2 atom stereocenters. The van der Waals surface area contributed by atoms with Crippen molar-refractivity contribution >= 4 is 22.7 Å². The van der Waals surface area contributed by atoms with E-state index >= 15 is 0 Å². The van der Waals surface area contributed by atoms with Gasteiger partial charge in [-0.2, -0.15) is 0 Å². The second kappa shape index (κ2) is 5.73. The van der Waals surface area contributed by atoms with Crippen LogP contribution >= 0.6 is 0 Å². The average Bonchev–Trinajstić information content (AvgIpc) is 2.98. The molecule has 2 aliphatic heterocycles. The van der Waals surface area contributed by atoms with Gasteiger partial charge in [0.15, 0.2) is 5.78 Å². The van der Waals surface area contributed by atoms with Crippen molar-refractivity contribution in [2.45, 2.75) is 45.7 Å². The van der Waals surface area contributed by atoms with Gasteiger partial charge in [-0.1, -0.05) is 39.0 Å². The highest BCUT2D eigenvalue weighted by Gasteiger charge is 2.45. The van der Waals surface area contributed by atoms with Gasteiger partial charge in [0.25, 0.3) is 0 Å². The monoisotopic (exact) mass is 353 g/mol. The molecule has 3 heterocycles. The number of furan rings is 1. The minimum Gasteiger partial charge on any atom is -0.465 e. The molecule has 5 nitrogen and oxygen atoms in total. The molecule has 26 heavy (non-hydrogen) atoms. The summed E-state index contributed by atoms with van der Waals surface area (Å²) in [5, 5.41) is 1.12. The van der Waals surface area contributed by atoms with Gasteiger partial charge in [0.2, 0.25) is 0 Å². The van der Waals surface area contributed by atoms with Crippen LogP contribution in [0.4, 0.5) is 0 Å². The Labute approximate surface area is 152 Å². The Bertz CT molecular complexity index is 931. The summed E-state index contributed by atoms with van der Waals surface area (Å²) in [6.07, 6.45) is 2.72. The fourth-order valence-corrected chi connectivity index (χ4v) is 4.16. The van der Waals surface area contributed by atoms with E-state index in [0.29, 0.717) is 0 Å². The van der Waals surface area contributed by atoms with Crippen LogP contribution in [-0.4, -0.2) is 29.8 Å². The van der Waals surface area contributed by atoms with Crippen LogP contribution in [0.5, 0.6) is 0 Å². The third-order valence-corrected chi connectivity index (χ3v) is 5.51. The highest BCUT2D eigenvalue weighted by molar-refractivity contribution is 6.17. The lowest BCUT2D eigenvalue weighted by Crippen LogP contribution is -2.50. The van der Waals surface area contributed by atoms with E-state index in [1.54, 1.807) is 6.20 Å². The number of rotatable bonds is 1. The molecule has 0 aliphatic carbocycles. The lowest BCUT2D eigenvalue weighted by atomic mass is 9.76. The number of hydrogen-bond donors (Lipinski definition) is 0. The molecule has 1 aromatic heterocycles. The number of Topliss-reactive ketones (excluding diaryl/α,β-unsaturated/α-hetero) is 1. The first-order chi connectivity index (χ1) is 12.3. The van der Waals surface area contributed by atoms with Crippen LogP contribution in [0, 0.1) is 5.41 Å². The van der Waals surface area contributed by atoms with E-state index < -0.39 is 5.97 Å². The Morgan fingerprint density at radius 1 is 1.23 bits per heavy atom. The number of esters is 1. The Kier molecular flexibility index (Phi) is 3.72. The molecule has 0 saturated heterocycles. The minimum atomic E-state index is -0.573. The summed E-state index contributed by atoms with van der Waals surface area (Å²) in [6.45, 7) is 6.55. The number of hydrogen-bond acceptors (Lipinski definition) is 5. The molecule has 2 aliphatic rings. The Hall–Kier alpha value is -2.56. The number of para-hydroxylation sites is 1. The zero-order chi connectivity index (χ0) is 18.6. The summed E-state index contributed by atoms with van der Waals surface area (Å²) in [4.78, 5) is 26.8. The first-order valence-electron chi connectivity index (χ1n) is 8.92. The topological polar surface area (TPSA) is 59.8 Å². The lowest BCUT2D eigenvalue weighted by molar-refractivity contribution is -0.138. The van der Waals surface area contributed by atoms with E-state index in [9.17, 15) is 9.59 Å². The molecular weight excluding hydrogens is 330 g/mol. The summed E-state index contributed by atoms with van der Waals surface area (Å²) >= 11 is 0. The number of ketones is 1. The first kappa shape index (κ1) is 16.9.